The van der Waals surface area contributed by atoms with Crippen LogP contribution in [0.3, 0.4) is 0 Å². The van der Waals surface area contributed by atoms with Gasteiger partial charge in [0.2, 0.25) is 0 Å². The predicted molar refractivity (Wildman–Crippen MR) is 46.3 cm³/mol. The number of hydrogen-bond donors (Lipinski definition) is 0. The maximum absolute atomic E-state index is 12.3. The maximum Gasteiger partial charge on any atom is 0.417 e. The summed E-state index contributed by atoms with van der Waals surface area (Å²) in [5.74, 6) is 0. The van der Waals surface area contributed by atoms with Crippen LogP contribution in [0.4, 0.5) is 13.2 Å². The molecule has 7 heteroatoms. The lowest BCUT2D eigenvalue weighted by Gasteiger charge is -2.12. The van der Waals surface area contributed by atoms with E-state index in [2.05, 4.69) is 15.9 Å². The molecule has 0 radical (unpaired) electrons. The third kappa shape index (κ3) is 2.55. The van der Waals surface area contributed by atoms with Crippen molar-refractivity contribution in [2.75, 3.05) is 0 Å². The average Bonchev–Trinajstić information content (AvgIpc) is 2.02. The monoisotopic (exact) mass is 287 g/mol. The van der Waals surface area contributed by atoms with Gasteiger partial charge >= 0.3 is 6.18 Å². The zero-order valence-electron chi connectivity index (χ0n) is 6.47. The summed E-state index contributed by atoms with van der Waals surface area (Å²) in [4.78, 5) is -0.388. The average molecular weight is 288 g/mol. The summed E-state index contributed by atoms with van der Waals surface area (Å²) >= 11 is 0.0412. The predicted octanol–water partition coefficient (Wildman–Crippen LogP) is 2.71. The Bertz CT molecular complexity index is 378. The third-order valence-corrected chi connectivity index (χ3v) is 2.77. The van der Waals surface area contributed by atoms with Crippen molar-refractivity contribution in [2.45, 2.75) is 11.1 Å². The Morgan fingerprint density at radius 3 is 2.36 bits per heavy atom. The quantitative estimate of drug-likeness (QED) is 0.745. The zero-order chi connectivity index (χ0) is 10.9. The van der Waals surface area contributed by atoms with Gasteiger partial charge in [-0.15, -0.1) is 0 Å². The zero-order valence-corrected chi connectivity index (χ0v) is 8.87. The molecule has 0 N–H and O–H groups in total. The molecule has 0 spiro atoms. The van der Waals surface area contributed by atoms with Crippen LogP contribution in [0.1, 0.15) is 5.56 Å². The molecule has 1 atom stereocenters. The van der Waals surface area contributed by atoms with Crippen molar-refractivity contribution in [3.8, 4) is 0 Å². The molecule has 0 saturated heterocycles. The second-order valence-electron chi connectivity index (χ2n) is 2.37. The van der Waals surface area contributed by atoms with Gasteiger partial charge in [0, 0.05) is 9.37 Å². The Balaban J connectivity index is 3.29. The lowest BCUT2D eigenvalue weighted by atomic mass is 10.2. The van der Waals surface area contributed by atoms with Gasteiger partial charge in [-0.25, -0.2) is 0 Å². The Morgan fingerprint density at radius 1 is 1.36 bits per heavy atom. The normalized spacial score (nSPS) is 14.1. The van der Waals surface area contributed by atoms with Crippen molar-refractivity contribution in [3.63, 3.8) is 0 Å². The molecule has 0 heterocycles. The molecule has 0 aromatic heterocycles. The molecule has 1 aromatic carbocycles. The van der Waals surface area contributed by atoms with Gasteiger partial charge < -0.3 is 4.55 Å². The maximum atomic E-state index is 12.3. The fourth-order valence-electron chi connectivity index (χ4n) is 0.825. The van der Waals surface area contributed by atoms with E-state index in [1.54, 1.807) is 0 Å². The summed E-state index contributed by atoms with van der Waals surface area (Å²) in [7, 11) is 0. The second-order valence-corrected chi connectivity index (χ2v) is 4.17. The molecule has 0 saturated carbocycles. The number of halogens is 4. The summed E-state index contributed by atoms with van der Waals surface area (Å²) in [5, 5.41) is 0. The minimum absolute atomic E-state index is 0.181. The first-order valence-electron chi connectivity index (χ1n) is 3.28. The highest BCUT2D eigenvalue weighted by molar-refractivity contribution is 9.10. The number of alkyl halides is 3. The minimum atomic E-state index is -4.56. The third-order valence-electron chi connectivity index (χ3n) is 1.44. The number of rotatable bonds is 1. The molecule has 2 nitrogen and oxygen atoms in total. The van der Waals surface area contributed by atoms with Crippen molar-refractivity contribution in [1.29, 1.82) is 0 Å². The number of hydrogen-bond acceptors (Lipinski definition) is 2. The van der Waals surface area contributed by atoms with Crippen LogP contribution >= 0.6 is 15.9 Å². The SMILES string of the molecule is O=S([O-])c1ccc(Br)c(C(F)(F)F)c1. The molecule has 1 rings (SSSR count). The van der Waals surface area contributed by atoms with Crippen LogP contribution in [0.2, 0.25) is 0 Å². The molecule has 78 valence electrons. The molecule has 0 fully saturated rings. The van der Waals surface area contributed by atoms with E-state index in [9.17, 15) is 21.9 Å². The Morgan fingerprint density at radius 2 is 1.93 bits per heavy atom. The standard InChI is InChI=1S/C7H4BrF3O2S/c8-6-2-1-4(14(12)13)3-5(6)7(9,10)11/h1-3H,(H,12,13)/p-1. The molecule has 0 aliphatic heterocycles. The van der Waals surface area contributed by atoms with Gasteiger partial charge in [0.15, 0.2) is 0 Å². The van der Waals surface area contributed by atoms with Crippen molar-refractivity contribution < 1.29 is 21.9 Å². The van der Waals surface area contributed by atoms with Gasteiger partial charge in [-0.05, 0) is 29.3 Å². The summed E-state index contributed by atoms with van der Waals surface area (Å²) in [6.07, 6.45) is -4.56. The molecule has 0 bridgehead atoms. The molecular formula is C7H3BrF3O2S-. The molecule has 0 amide bonds. The number of benzene rings is 1. The molecule has 14 heavy (non-hydrogen) atoms. The van der Waals surface area contributed by atoms with E-state index in [4.69, 9.17) is 0 Å². The van der Waals surface area contributed by atoms with Crippen LogP contribution in [0.25, 0.3) is 0 Å². The minimum Gasteiger partial charge on any atom is -0.768 e. The molecule has 1 unspecified atom stereocenters. The van der Waals surface area contributed by atoms with E-state index in [1.165, 1.54) is 0 Å². The van der Waals surface area contributed by atoms with E-state index in [1.807, 2.05) is 0 Å². The lowest BCUT2D eigenvalue weighted by Crippen LogP contribution is -2.07. The summed E-state index contributed by atoms with van der Waals surface area (Å²) in [6.45, 7) is 0. The highest BCUT2D eigenvalue weighted by Gasteiger charge is 2.33. The van der Waals surface area contributed by atoms with E-state index < -0.39 is 22.8 Å². The molecular weight excluding hydrogens is 285 g/mol. The van der Waals surface area contributed by atoms with Crippen LogP contribution in [-0.2, 0) is 17.3 Å². The molecule has 0 aliphatic rings. The highest BCUT2D eigenvalue weighted by atomic mass is 79.9. The lowest BCUT2D eigenvalue weighted by molar-refractivity contribution is -0.138. The van der Waals surface area contributed by atoms with Gasteiger partial charge in [0.1, 0.15) is 0 Å². The first-order chi connectivity index (χ1) is 6.32. The summed E-state index contributed by atoms with van der Waals surface area (Å²) in [6, 6.07) is 2.71. The summed E-state index contributed by atoms with van der Waals surface area (Å²) in [5.41, 5.74) is -1.00. The Hall–Kier alpha value is -0.400. The highest BCUT2D eigenvalue weighted by Crippen LogP contribution is 2.35. The second kappa shape index (κ2) is 4.00. The van der Waals surface area contributed by atoms with Gasteiger partial charge in [-0.2, -0.15) is 13.2 Å². The topological polar surface area (TPSA) is 40.1 Å². The van der Waals surface area contributed by atoms with Crippen LogP contribution in [-0.4, -0.2) is 8.76 Å². The van der Waals surface area contributed by atoms with Gasteiger partial charge in [-0.1, -0.05) is 15.9 Å². The molecule has 1 aromatic rings. The first-order valence-corrected chi connectivity index (χ1v) is 5.15. The van der Waals surface area contributed by atoms with Crippen LogP contribution in [0.5, 0.6) is 0 Å². The van der Waals surface area contributed by atoms with Crippen molar-refractivity contribution in [1.82, 2.24) is 0 Å². The molecule has 0 aliphatic carbocycles. The Labute approximate surface area is 88.5 Å². The van der Waals surface area contributed by atoms with Crippen molar-refractivity contribution >= 4 is 27.0 Å². The van der Waals surface area contributed by atoms with Gasteiger partial charge in [-0.3, -0.25) is 4.21 Å². The van der Waals surface area contributed by atoms with Crippen molar-refractivity contribution in [3.05, 3.63) is 28.2 Å². The van der Waals surface area contributed by atoms with Crippen LogP contribution in [0, 0.1) is 0 Å². The van der Waals surface area contributed by atoms with Crippen LogP contribution < -0.4 is 0 Å². The fraction of sp³-hybridized carbons (Fsp3) is 0.143. The fourth-order valence-corrected chi connectivity index (χ4v) is 1.69. The van der Waals surface area contributed by atoms with E-state index in [0.717, 1.165) is 12.1 Å². The largest absolute Gasteiger partial charge is 0.768 e. The Kier molecular flexibility index (Phi) is 3.33. The van der Waals surface area contributed by atoms with E-state index in [-0.39, 0.29) is 9.37 Å². The van der Waals surface area contributed by atoms with Crippen LogP contribution in [0.15, 0.2) is 27.6 Å². The van der Waals surface area contributed by atoms with Gasteiger partial charge in [0.05, 0.1) is 5.56 Å². The smallest absolute Gasteiger partial charge is 0.417 e. The van der Waals surface area contributed by atoms with Crippen molar-refractivity contribution in [2.24, 2.45) is 0 Å². The first kappa shape index (κ1) is 11.7. The van der Waals surface area contributed by atoms with E-state index in [0.29, 0.717) is 6.07 Å². The van der Waals surface area contributed by atoms with E-state index >= 15 is 0 Å². The van der Waals surface area contributed by atoms with Gasteiger partial charge in [0.25, 0.3) is 0 Å². The summed E-state index contributed by atoms with van der Waals surface area (Å²) < 4.78 is 57.4.